The van der Waals surface area contributed by atoms with Crippen LogP contribution in [0.25, 0.3) is 11.1 Å². The van der Waals surface area contributed by atoms with Crippen LogP contribution in [0.5, 0.6) is 0 Å². The first kappa shape index (κ1) is 17.1. The molecule has 2 aliphatic rings. The second-order valence-corrected chi connectivity index (χ2v) is 7.38. The Balaban J connectivity index is 1.46. The topological polar surface area (TPSA) is 36.4 Å². The monoisotopic (exact) mass is 349 g/mol. The lowest BCUT2D eigenvalue weighted by Crippen LogP contribution is -2.27. The van der Waals surface area contributed by atoms with E-state index in [0.717, 1.165) is 61.5 Å². The van der Waals surface area contributed by atoms with Crippen LogP contribution >= 0.6 is 0 Å². The highest BCUT2D eigenvalue weighted by Crippen LogP contribution is 2.24. The van der Waals surface area contributed by atoms with Gasteiger partial charge in [-0.1, -0.05) is 25.0 Å². The molecule has 0 radical (unpaired) electrons. The lowest BCUT2D eigenvalue weighted by Gasteiger charge is -2.21. The molecule has 0 unspecified atom stereocenters. The van der Waals surface area contributed by atoms with Crippen LogP contribution < -0.4 is 4.90 Å². The zero-order chi connectivity index (χ0) is 17.8. The van der Waals surface area contributed by atoms with Crippen molar-refractivity contribution in [2.75, 3.05) is 31.1 Å². The summed E-state index contributed by atoms with van der Waals surface area (Å²) in [5.74, 6) is 1.24. The third kappa shape index (κ3) is 3.74. The number of benzene rings is 1. The molecule has 26 heavy (non-hydrogen) atoms. The Morgan fingerprint density at radius 1 is 0.731 bits per heavy atom. The average Bonchev–Trinajstić information content (AvgIpc) is 3.10. The largest absolute Gasteiger partial charge is 0.357 e. The normalized spacial score (nSPS) is 18.0. The van der Waals surface area contributed by atoms with Gasteiger partial charge < -0.3 is 9.80 Å². The van der Waals surface area contributed by atoms with Crippen molar-refractivity contribution in [3.63, 3.8) is 0 Å². The molecule has 1 amide bonds. The van der Waals surface area contributed by atoms with Gasteiger partial charge in [-0.25, -0.2) is 4.98 Å². The van der Waals surface area contributed by atoms with Crippen molar-refractivity contribution in [1.29, 1.82) is 0 Å². The summed E-state index contributed by atoms with van der Waals surface area (Å²) < 4.78 is 0. The van der Waals surface area contributed by atoms with Crippen molar-refractivity contribution >= 4 is 11.7 Å². The van der Waals surface area contributed by atoms with Gasteiger partial charge in [-0.15, -0.1) is 0 Å². The number of carbonyl (C=O) groups excluding carboxylic acids is 1. The molecule has 2 saturated heterocycles. The third-order valence-electron chi connectivity index (χ3n) is 5.54. The van der Waals surface area contributed by atoms with Gasteiger partial charge >= 0.3 is 0 Å². The molecule has 0 saturated carbocycles. The highest BCUT2D eigenvalue weighted by Gasteiger charge is 2.19. The summed E-state index contributed by atoms with van der Waals surface area (Å²) in [6, 6.07) is 12.2. The van der Waals surface area contributed by atoms with Crippen molar-refractivity contribution in [3.05, 3.63) is 48.2 Å². The van der Waals surface area contributed by atoms with Gasteiger partial charge in [0.15, 0.2) is 0 Å². The van der Waals surface area contributed by atoms with Gasteiger partial charge in [-0.2, -0.15) is 0 Å². The maximum absolute atomic E-state index is 12.5. The second kappa shape index (κ2) is 7.90. The van der Waals surface area contributed by atoms with E-state index in [1.807, 2.05) is 35.4 Å². The average molecular weight is 349 g/mol. The van der Waals surface area contributed by atoms with E-state index in [0.29, 0.717) is 0 Å². The molecule has 4 nitrogen and oxygen atoms in total. The van der Waals surface area contributed by atoms with E-state index in [1.165, 1.54) is 25.7 Å². The first-order valence-corrected chi connectivity index (χ1v) is 9.92. The molecule has 3 heterocycles. The van der Waals surface area contributed by atoms with Crippen LogP contribution in [-0.2, 0) is 0 Å². The number of nitrogens with zero attached hydrogens (tertiary/aromatic N) is 3. The van der Waals surface area contributed by atoms with E-state index >= 15 is 0 Å². The van der Waals surface area contributed by atoms with Gasteiger partial charge in [-0.05, 0) is 55.5 Å². The zero-order valence-electron chi connectivity index (χ0n) is 15.4. The summed E-state index contributed by atoms with van der Waals surface area (Å²) in [6.07, 6.45) is 9.38. The molecule has 2 aliphatic heterocycles. The van der Waals surface area contributed by atoms with E-state index in [-0.39, 0.29) is 5.91 Å². The van der Waals surface area contributed by atoms with E-state index in [2.05, 4.69) is 17.0 Å². The second-order valence-electron chi connectivity index (χ2n) is 7.38. The Hall–Kier alpha value is -2.36. The predicted octanol–water partition coefficient (Wildman–Crippen LogP) is 4.37. The van der Waals surface area contributed by atoms with Gasteiger partial charge in [0.05, 0.1) is 0 Å². The highest BCUT2D eigenvalue weighted by molar-refractivity contribution is 5.94. The molecule has 1 aromatic heterocycles. The van der Waals surface area contributed by atoms with E-state index < -0.39 is 0 Å². The molecular formula is C22H27N3O. The molecule has 0 bridgehead atoms. The van der Waals surface area contributed by atoms with Crippen LogP contribution in [0.3, 0.4) is 0 Å². The molecule has 0 atom stereocenters. The number of aromatic nitrogens is 1. The molecule has 1 aromatic carbocycles. The number of anilines is 1. The Morgan fingerprint density at radius 2 is 1.35 bits per heavy atom. The van der Waals surface area contributed by atoms with Crippen LogP contribution in [0.1, 0.15) is 48.9 Å². The Kier molecular flexibility index (Phi) is 5.19. The van der Waals surface area contributed by atoms with Gasteiger partial charge in [0, 0.05) is 43.5 Å². The number of hydrogen-bond donors (Lipinski definition) is 0. The lowest BCUT2D eigenvalue weighted by atomic mass is 10.1. The Morgan fingerprint density at radius 3 is 1.96 bits per heavy atom. The fraction of sp³-hybridized carbons (Fsp3) is 0.455. The molecule has 136 valence electrons. The predicted molar refractivity (Wildman–Crippen MR) is 105 cm³/mol. The highest BCUT2D eigenvalue weighted by atomic mass is 16.2. The van der Waals surface area contributed by atoms with Crippen molar-refractivity contribution in [1.82, 2.24) is 9.88 Å². The molecule has 0 N–H and O–H groups in total. The lowest BCUT2D eigenvalue weighted by molar-refractivity contribution is 0.0793. The molecule has 4 heteroatoms. The van der Waals surface area contributed by atoms with E-state index in [4.69, 9.17) is 4.98 Å². The van der Waals surface area contributed by atoms with Crippen LogP contribution in [-0.4, -0.2) is 42.0 Å². The minimum Gasteiger partial charge on any atom is -0.357 e. The van der Waals surface area contributed by atoms with Crippen molar-refractivity contribution in [2.45, 2.75) is 38.5 Å². The number of hydrogen-bond acceptors (Lipinski definition) is 3. The fourth-order valence-corrected chi connectivity index (χ4v) is 3.95. The quantitative estimate of drug-likeness (QED) is 0.826. The van der Waals surface area contributed by atoms with Gasteiger partial charge in [0.1, 0.15) is 5.82 Å². The molecule has 0 aliphatic carbocycles. The summed E-state index contributed by atoms with van der Waals surface area (Å²) in [6.45, 7) is 4.00. The third-order valence-corrected chi connectivity index (χ3v) is 5.54. The number of amides is 1. The number of pyridine rings is 1. The number of likely N-dealkylation sites (tertiary alicyclic amines) is 1. The minimum absolute atomic E-state index is 0.156. The molecular weight excluding hydrogens is 322 g/mol. The van der Waals surface area contributed by atoms with Gasteiger partial charge in [-0.3, -0.25) is 4.79 Å². The van der Waals surface area contributed by atoms with Crippen LogP contribution in [0.4, 0.5) is 5.82 Å². The standard InChI is InChI=1S/C22H27N3O/c26-22(25-15-5-6-16-25)19-9-7-18(8-10-19)20-11-12-21(23-17-20)24-13-3-1-2-4-14-24/h7-12,17H,1-6,13-16H2. The van der Waals surface area contributed by atoms with Crippen LogP contribution in [0.2, 0.25) is 0 Å². The number of rotatable bonds is 3. The zero-order valence-corrected chi connectivity index (χ0v) is 15.4. The SMILES string of the molecule is O=C(c1ccc(-c2ccc(N3CCCCCC3)nc2)cc1)N1CCCC1. The van der Waals surface area contributed by atoms with Crippen LogP contribution in [0, 0.1) is 0 Å². The van der Waals surface area contributed by atoms with Gasteiger partial charge in [0.25, 0.3) is 5.91 Å². The summed E-state index contributed by atoms with van der Waals surface area (Å²) in [7, 11) is 0. The summed E-state index contributed by atoms with van der Waals surface area (Å²) in [4.78, 5) is 21.5. The first-order valence-electron chi connectivity index (χ1n) is 9.92. The van der Waals surface area contributed by atoms with E-state index in [9.17, 15) is 4.79 Å². The summed E-state index contributed by atoms with van der Waals surface area (Å²) in [5.41, 5.74) is 2.99. The Bertz CT molecular complexity index is 725. The minimum atomic E-state index is 0.156. The van der Waals surface area contributed by atoms with Gasteiger partial charge in [0.2, 0.25) is 0 Å². The Labute approximate surface area is 155 Å². The van der Waals surface area contributed by atoms with Crippen LogP contribution in [0.15, 0.2) is 42.6 Å². The smallest absolute Gasteiger partial charge is 0.253 e. The van der Waals surface area contributed by atoms with Crippen molar-refractivity contribution in [2.24, 2.45) is 0 Å². The van der Waals surface area contributed by atoms with Crippen molar-refractivity contribution < 1.29 is 4.79 Å². The van der Waals surface area contributed by atoms with E-state index in [1.54, 1.807) is 0 Å². The summed E-state index contributed by atoms with van der Waals surface area (Å²) in [5, 5.41) is 0. The fourth-order valence-electron chi connectivity index (χ4n) is 3.95. The number of carbonyl (C=O) groups is 1. The molecule has 2 aromatic rings. The maximum Gasteiger partial charge on any atom is 0.253 e. The molecule has 4 rings (SSSR count). The molecule has 0 spiro atoms. The maximum atomic E-state index is 12.5. The van der Waals surface area contributed by atoms with Crippen molar-refractivity contribution in [3.8, 4) is 11.1 Å². The first-order chi connectivity index (χ1) is 12.8. The molecule has 2 fully saturated rings. The summed E-state index contributed by atoms with van der Waals surface area (Å²) >= 11 is 0.